The van der Waals surface area contributed by atoms with E-state index in [1.54, 1.807) is 17.0 Å². The van der Waals surface area contributed by atoms with E-state index in [1.165, 1.54) is 23.9 Å². The van der Waals surface area contributed by atoms with Crippen molar-refractivity contribution in [2.75, 3.05) is 5.75 Å². The van der Waals surface area contributed by atoms with Crippen LogP contribution in [0.15, 0.2) is 48.5 Å². The normalized spacial score (nSPS) is 12.2. The van der Waals surface area contributed by atoms with Crippen molar-refractivity contribution in [3.05, 3.63) is 75.3 Å². The highest BCUT2D eigenvalue weighted by Gasteiger charge is 2.30. The van der Waals surface area contributed by atoms with Gasteiger partial charge in [-0.3, -0.25) is 19.7 Å². The maximum absolute atomic E-state index is 13.3. The first-order valence-corrected chi connectivity index (χ1v) is 12.1. The van der Waals surface area contributed by atoms with Crippen LogP contribution in [-0.2, 0) is 21.9 Å². The molecular weight excluding hydrogens is 438 g/mol. The average Bonchev–Trinajstić information content (AvgIpc) is 2.72. The number of aryl methyl sites for hydroxylation is 1. The number of non-ortho nitro benzene ring substituents is 1. The zero-order valence-electron chi connectivity index (χ0n) is 20.0. The lowest BCUT2D eigenvalue weighted by atomic mass is 10.1. The van der Waals surface area contributed by atoms with Crippen molar-refractivity contribution in [1.29, 1.82) is 0 Å². The van der Waals surface area contributed by atoms with E-state index in [0.29, 0.717) is 18.7 Å². The number of nitro groups is 1. The number of amides is 2. The molecule has 0 saturated carbocycles. The molecule has 0 unspecified atom stereocenters. The van der Waals surface area contributed by atoms with Gasteiger partial charge in [0.05, 0.1) is 10.7 Å². The van der Waals surface area contributed by atoms with Crippen LogP contribution in [0.2, 0.25) is 0 Å². The summed E-state index contributed by atoms with van der Waals surface area (Å²) in [6, 6.07) is 13.7. The fourth-order valence-electron chi connectivity index (χ4n) is 3.43. The Morgan fingerprint density at radius 1 is 1.12 bits per heavy atom. The fraction of sp³-hybridized carbons (Fsp3) is 0.440. The average molecular weight is 472 g/mol. The predicted octanol–water partition coefficient (Wildman–Crippen LogP) is 4.86. The quantitative estimate of drug-likeness (QED) is 0.395. The molecule has 0 radical (unpaired) electrons. The van der Waals surface area contributed by atoms with Crippen molar-refractivity contribution in [2.24, 2.45) is 0 Å². The topological polar surface area (TPSA) is 92.6 Å². The maximum atomic E-state index is 13.3. The summed E-state index contributed by atoms with van der Waals surface area (Å²) < 4.78 is 0. The zero-order chi connectivity index (χ0) is 24.6. The van der Waals surface area contributed by atoms with Crippen LogP contribution >= 0.6 is 11.8 Å². The van der Waals surface area contributed by atoms with Gasteiger partial charge in [0.1, 0.15) is 6.04 Å². The fourth-order valence-corrected chi connectivity index (χ4v) is 4.30. The third kappa shape index (κ3) is 8.53. The molecule has 0 aliphatic rings. The van der Waals surface area contributed by atoms with Crippen LogP contribution < -0.4 is 5.32 Å². The van der Waals surface area contributed by atoms with Crippen molar-refractivity contribution in [1.82, 2.24) is 10.2 Å². The van der Waals surface area contributed by atoms with Crippen molar-refractivity contribution in [2.45, 2.75) is 64.9 Å². The second-order valence-corrected chi connectivity index (χ2v) is 10.1. The van der Waals surface area contributed by atoms with Crippen molar-refractivity contribution >= 4 is 29.3 Å². The van der Waals surface area contributed by atoms with Crippen molar-refractivity contribution in [3.63, 3.8) is 0 Å². The Hall–Kier alpha value is -2.87. The summed E-state index contributed by atoms with van der Waals surface area (Å²) in [4.78, 5) is 38.3. The first-order chi connectivity index (χ1) is 15.5. The molecule has 7 nitrogen and oxygen atoms in total. The number of nitrogens with zero attached hydrogens (tertiary/aromatic N) is 2. The number of nitrogens with one attached hydrogen (secondary N) is 1. The minimum absolute atomic E-state index is 0.0415. The minimum atomic E-state index is -0.572. The van der Waals surface area contributed by atoms with Gasteiger partial charge in [0, 0.05) is 30.0 Å². The summed E-state index contributed by atoms with van der Waals surface area (Å²) in [5, 5.41) is 13.8. The highest BCUT2D eigenvalue weighted by Crippen LogP contribution is 2.20. The van der Waals surface area contributed by atoms with Crippen molar-refractivity contribution < 1.29 is 14.5 Å². The number of rotatable bonds is 10. The number of hydrogen-bond acceptors (Lipinski definition) is 5. The van der Waals surface area contributed by atoms with Gasteiger partial charge in [-0.25, -0.2) is 0 Å². The molecule has 2 aromatic carbocycles. The van der Waals surface area contributed by atoms with Gasteiger partial charge in [0.15, 0.2) is 0 Å². The summed E-state index contributed by atoms with van der Waals surface area (Å²) in [6.45, 7) is 10.0. The van der Waals surface area contributed by atoms with Crippen molar-refractivity contribution in [3.8, 4) is 0 Å². The van der Waals surface area contributed by atoms with Gasteiger partial charge in [0.2, 0.25) is 11.8 Å². The van der Waals surface area contributed by atoms with Gasteiger partial charge in [0.25, 0.3) is 5.69 Å². The molecule has 33 heavy (non-hydrogen) atoms. The number of carbonyl (C=O) groups excluding carboxylic acids is 2. The van der Waals surface area contributed by atoms with Crippen LogP contribution in [0.25, 0.3) is 0 Å². The van der Waals surface area contributed by atoms with Gasteiger partial charge in [-0.1, -0.05) is 48.9 Å². The summed E-state index contributed by atoms with van der Waals surface area (Å²) in [5.74, 6) is 0.487. The Labute approximate surface area is 200 Å². The lowest BCUT2D eigenvalue weighted by Gasteiger charge is -2.33. The SMILES string of the molecule is CC[C@@H](C(=O)NC(C)(C)C)N(Cc1cccc(C)c1)C(=O)CSCc1ccc([N+](=O)[O-])cc1. The largest absolute Gasteiger partial charge is 0.350 e. The summed E-state index contributed by atoms with van der Waals surface area (Å²) in [7, 11) is 0. The van der Waals surface area contributed by atoms with Crippen LogP contribution in [0.5, 0.6) is 0 Å². The number of benzene rings is 2. The van der Waals surface area contributed by atoms with E-state index < -0.39 is 16.5 Å². The van der Waals surface area contributed by atoms with Crippen LogP contribution in [0.3, 0.4) is 0 Å². The Bertz CT molecular complexity index is 970. The smallest absolute Gasteiger partial charge is 0.269 e. The van der Waals surface area contributed by atoms with Gasteiger partial charge >= 0.3 is 0 Å². The monoisotopic (exact) mass is 471 g/mol. The Morgan fingerprint density at radius 3 is 2.33 bits per heavy atom. The Kier molecular flexibility index (Phi) is 9.46. The Balaban J connectivity index is 2.14. The zero-order valence-corrected chi connectivity index (χ0v) is 20.8. The molecule has 0 aromatic heterocycles. The molecule has 8 heteroatoms. The van der Waals surface area contributed by atoms with E-state index in [2.05, 4.69) is 5.32 Å². The number of carbonyl (C=O) groups is 2. The third-order valence-electron chi connectivity index (χ3n) is 4.96. The summed E-state index contributed by atoms with van der Waals surface area (Å²) in [5.41, 5.74) is 2.62. The molecule has 178 valence electrons. The lowest BCUT2D eigenvalue weighted by Crippen LogP contribution is -2.53. The lowest BCUT2D eigenvalue weighted by molar-refractivity contribution is -0.384. The predicted molar refractivity (Wildman–Crippen MR) is 133 cm³/mol. The van der Waals surface area contributed by atoms with E-state index in [4.69, 9.17) is 0 Å². The third-order valence-corrected chi connectivity index (χ3v) is 5.95. The molecular formula is C25H33N3O4S. The molecule has 2 rings (SSSR count). The van der Waals surface area contributed by atoms with E-state index in [9.17, 15) is 19.7 Å². The Morgan fingerprint density at radius 2 is 1.79 bits per heavy atom. The molecule has 0 bridgehead atoms. The maximum Gasteiger partial charge on any atom is 0.269 e. The van der Waals surface area contributed by atoms with E-state index in [0.717, 1.165) is 16.7 Å². The van der Waals surface area contributed by atoms with Gasteiger partial charge < -0.3 is 10.2 Å². The number of thioether (sulfide) groups is 1. The molecule has 0 heterocycles. The first-order valence-electron chi connectivity index (χ1n) is 11.0. The molecule has 2 amide bonds. The van der Waals surface area contributed by atoms with Crippen LogP contribution in [0, 0.1) is 17.0 Å². The molecule has 0 fully saturated rings. The second-order valence-electron chi connectivity index (χ2n) is 9.09. The molecule has 2 aromatic rings. The van der Waals surface area contributed by atoms with Gasteiger partial charge in [-0.15, -0.1) is 11.8 Å². The molecule has 0 aliphatic heterocycles. The molecule has 1 atom stereocenters. The minimum Gasteiger partial charge on any atom is -0.350 e. The highest BCUT2D eigenvalue weighted by atomic mass is 32.2. The van der Waals surface area contributed by atoms with Crippen LogP contribution in [0.1, 0.15) is 50.8 Å². The number of hydrogen-bond donors (Lipinski definition) is 1. The second kappa shape index (κ2) is 11.8. The molecule has 0 saturated heterocycles. The van der Waals surface area contributed by atoms with E-state index in [-0.39, 0.29) is 23.3 Å². The van der Waals surface area contributed by atoms with Gasteiger partial charge in [-0.2, -0.15) is 0 Å². The molecule has 1 N–H and O–H groups in total. The first kappa shape index (κ1) is 26.4. The van der Waals surface area contributed by atoms with Crippen LogP contribution in [0.4, 0.5) is 5.69 Å². The molecule has 0 spiro atoms. The summed E-state index contributed by atoms with van der Waals surface area (Å²) in [6.07, 6.45) is 0.506. The highest BCUT2D eigenvalue weighted by molar-refractivity contribution is 7.99. The van der Waals surface area contributed by atoms with E-state index >= 15 is 0 Å². The van der Waals surface area contributed by atoms with E-state index in [1.807, 2.05) is 58.9 Å². The number of nitro benzene ring substituents is 1. The molecule has 0 aliphatic carbocycles. The summed E-state index contributed by atoms with van der Waals surface area (Å²) >= 11 is 1.43. The van der Waals surface area contributed by atoms with Gasteiger partial charge in [-0.05, 0) is 45.2 Å². The standard InChI is InChI=1S/C25H33N3O4S/c1-6-22(24(30)26-25(3,4)5)27(15-20-9-7-8-18(2)14-20)23(29)17-33-16-19-10-12-21(13-11-19)28(31)32/h7-14,22H,6,15-17H2,1-5H3,(H,26,30)/t22-/m0/s1. The van der Waals surface area contributed by atoms with Crippen LogP contribution in [-0.4, -0.2) is 39.0 Å².